The lowest BCUT2D eigenvalue weighted by atomic mass is 10.1. The Labute approximate surface area is 119 Å². The largest absolute Gasteiger partial charge is 0.391 e. The standard InChI is InChI=1S/C14H20N2O2S/c1-2-18-10-6-9-12(17)16-13(14(15)19)11-7-4-3-5-8-11/h3-5,7-8,13H,2,6,9-10H2,1H3,(H2,15,19)(H,16,17). The van der Waals surface area contributed by atoms with Crippen molar-refractivity contribution >= 4 is 23.1 Å². The molecule has 1 unspecified atom stereocenters. The van der Waals surface area contributed by atoms with Crippen molar-refractivity contribution in [1.82, 2.24) is 5.32 Å². The van der Waals surface area contributed by atoms with Gasteiger partial charge in [0.15, 0.2) is 0 Å². The van der Waals surface area contributed by atoms with E-state index in [0.29, 0.717) is 26.1 Å². The molecule has 4 nitrogen and oxygen atoms in total. The Morgan fingerprint density at radius 2 is 2.11 bits per heavy atom. The van der Waals surface area contributed by atoms with Gasteiger partial charge in [0.25, 0.3) is 0 Å². The summed E-state index contributed by atoms with van der Waals surface area (Å²) in [6.07, 6.45) is 1.10. The Morgan fingerprint density at radius 1 is 1.42 bits per heavy atom. The van der Waals surface area contributed by atoms with Gasteiger partial charge in [-0.2, -0.15) is 0 Å². The number of carbonyl (C=O) groups excluding carboxylic acids is 1. The molecule has 0 spiro atoms. The molecule has 0 saturated carbocycles. The molecule has 0 aliphatic carbocycles. The summed E-state index contributed by atoms with van der Waals surface area (Å²) in [6, 6.07) is 9.07. The molecule has 3 N–H and O–H groups in total. The minimum absolute atomic E-state index is 0.0682. The fraction of sp³-hybridized carbons (Fsp3) is 0.429. The van der Waals surface area contributed by atoms with E-state index < -0.39 is 6.04 Å². The van der Waals surface area contributed by atoms with Crippen molar-refractivity contribution in [2.24, 2.45) is 5.73 Å². The zero-order valence-electron chi connectivity index (χ0n) is 11.1. The summed E-state index contributed by atoms with van der Waals surface area (Å²) in [5.41, 5.74) is 6.58. The lowest BCUT2D eigenvalue weighted by Gasteiger charge is -2.17. The highest BCUT2D eigenvalue weighted by Gasteiger charge is 2.16. The van der Waals surface area contributed by atoms with Crippen LogP contribution in [0.15, 0.2) is 30.3 Å². The quantitative estimate of drug-likeness (QED) is 0.564. The highest BCUT2D eigenvalue weighted by atomic mass is 32.1. The monoisotopic (exact) mass is 280 g/mol. The summed E-state index contributed by atoms with van der Waals surface area (Å²) < 4.78 is 5.19. The molecule has 1 aromatic rings. The van der Waals surface area contributed by atoms with E-state index in [2.05, 4.69) is 5.32 Å². The van der Waals surface area contributed by atoms with Gasteiger partial charge in [-0.25, -0.2) is 0 Å². The van der Waals surface area contributed by atoms with Crippen LogP contribution in [0.25, 0.3) is 0 Å². The first-order chi connectivity index (χ1) is 9.15. The molecule has 0 heterocycles. The van der Waals surface area contributed by atoms with Crippen molar-refractivity contribution in [3.8, 4) is 0 Å². The van der Waals surface area contributed by atoms with Gasteiger partial charge >= 0.3 is 0 Å². The maximum absolute atomic E-state index is 11.8. The topological polar surface area (TPSA) is 64.3 Å². The zero-order chi connectivity index (χ0) is 14.1. The molecule has 0 saturated heterocycles. The van der Waals surface area contributed by atoms with Gasteiger partial charge in [0.2, 0.25) is 5.91 Å². The third-order valence-corrected chi connectivity index (χ3v) is 2.86. The molecule has 19 heavy (non-hydrogen) atoms. The van der Waals surface area contributed by atoms with Crippen LogP contribution >= 0.6 is 12.2 Å². The fourth-order valence-corrected chi connectivity index (χ4v) is 1.87. The van der Waals surface area contributed by atoms with E-state index in [0.717, 1.165) is 5.56 Å². The Hall–Kier alpha value is -1.46. The molecule has 0 aromatic heterocycles. The van der Waals surface area contributed by atoms with Crippen LogP contribution in [-0.4, -0.2) is 24.1 Å². The lowest BCUT2D eigenvalue weighted by molar-refractivity contribution is -0.121. The summed E-state index contributed by atoms with van der Waals surface area (Å²) in [5, 5.41) is 2.85. The number of ether oxygens (including phenoxy) is 1. The van der Waals surface area contributed by atoms with Gasteiger partial charge in [-0.1, -0.05) is 42.5 Å². The zero-order valence-corrected chi connectivity index (χ0v) is 11.9. The maximum Gasteiger partial charge on any atom is 0.220 e. The summed E-state index contributed by atoms with van der Waals surface area (Å²) in [7, 11) is 0. The van der Waals surface area contributed by atoms with E-state index in [4.69, 9.17) is 22.7 Å². The number of carbonyl (C=O) groups is 1. The van der Waals surface area contributed by atoms with E-state index >= 15 is 0 Å². The van der Waals surface area contributed by atoms with E-state index in [1.54, 1.807) is 0 Å². The first-order valence-electron chi connectivity index (χ1n) is 6.36. The SMILES string of the molecule is CCOCCCC(=O)NC(C(N)=S)c1ccccc1. The highest BCUT2D eigenvalue weighted by Crippen LogP contribution is 2.13. The summed E-state index contributed by atoms with van der Waals surface area (Å²) >= 11 is 5.01. The Bertz CT molecular complexity index is 409. The number of nitrogens with two attached hydrogens (primary N) is 1. The summed E-state index contributed by atoms with van der Waals surface area (Å²) in [4.78, 5) is 12.1. The van der Waals surface area contributed by atoms with Crippen molar-refractivity contribution in [2.45, 2.75) is 25.8 Å². The van der Waals surface area contributed by atoms with Crippen molar-refractivity contribution < 1.29 is 9.53 Å². The van der Waals surface area contributed by atoms with Gasteiger partial charge in [-0.05, 0) is 18.9 Å². The second-order valence-electron chi connectivity index (χ2n) is 4.11. The fourth-order valence-electron chi connectivity index (χ4n) is 1.68. The molecule has 1 rings (SSSR count). The van der Waals surface area contributed by atoms with Gasteiger partial charge < -0.3 is 15.8 Å². The molecule has 0 aliphatic rings. The van der Waals surface area contributed by atoms with Crippen LogP contribution in [0.5, 0.6) is 0 Å². The molecule has 1 aromatic carbocycles. The minimum Gasteiger partial charge on any atom is -0.391 e. The number of amides is 1. The lowest BCUT2D eigenvalue weighted by Crippen LogP contribution is -2.36. The van der Waals surface area contributed by atoms with E-state index in [-0.39, 0.29) is 10.9 Å². The van der Waals surface area contributed by atoms with Crippen LogP contribution in [0.1, 0.15) is 31.4 Å². The molecular formula is C14H20N2O2S. The van der Waals surface area contributed by atoms with Crippen molar-refractivity contribution in [3.05, 3.63) is 35.9 Å². The number of rotatable bonds is 8. The van der Waals surface area contributed by atoms with Crippen LogP contribution in [0.2, 0.25) is 0 Å². The Balaban J connectivity index is 2.51. The highest BCUT2D eigenvalue weighted by molar-refractivity contribution is 7.80. The Morgan fingerprint density at radius 3 is 2.68 bits per heavy atom. The first-order valence-corrected chi connectivity index (χ1v) is 6.77. The second kappa shape index (κ2) is 8.61. The minimum atomic E-state index is -0.407. The predicted molar refractivity (Wildman–Crippen MR) is 79.8 cm³/mol. The maximum atomic E-state index is 11.8. The molecule has 1 atom stereocenters. The van der Waals surface area contributed by atoms with Gasteiger partial charge in [-0.3, -0.25) is 4.79 Å². The number of thiocarbonyl (C=S) groups is 1. The molecule has 0 fully saturated rings. The van der Waals surface area contributed by atoms with Crippen molar-refractivity contribution in [2.75, 3.05) is 13.2 Å². The van der Waals surface area contributed by atoms with Crippen molar-refractivity contribution in [1.29, 1.82) is 0 Å². The van der Waals surface area contributed by atoms with Crippen LogP contribution < -0.4 is 11.1 Å². The molecule has 104 valence electrons. The number of hydrogen-bond donors (Lipinski definition) is 2. The predicted octanol–water partition coefficient (Wildman–Crippen LogP) is 1.95. The van der Waals surface area contributed by atoms with E-state index in [9.17, 15) is 4.79 Å². The van der Waals surface area contributed by atoms with Crippen molar-refractivity contribution in [3.63, 3.8) is 0 Å². The second-order valence-corrected chi connectivity index (χ2v) is 4.59. The first kappa shape index (κ1) is 15.6. The molecular weight excluding hydrogens is 260 g/mol. The smallest absolute Gasteiger partial charge is 0.220 e. The summed E-state index contributed by atoms with van der Waals surface area (Å²) in [6.45, 7) is 3.19. The molecule has 0 radical (unpaired) electrons. The van der Waals surface area contributed by atoms with Crippen LogP contribution in [0.4, 0.5) is 0 Å². The molecule has 0 bridgehead atoms. The third kappa shape index (κ3) is 5.81. The van der Waals surface area contributed by atoms with E-state index in [1.165, 1.54) is 0 Å². The third-order valence-electron chi connectivity index (χ3n) is 2.62. The average molecular weight is 280 g/mol. The number of hydrogen-bond acceptors (Lipinski definition) is 3. The van der Waals surface area contributed by atoms with Crippen LogP contribution in [0.3, 0.4) is 0 Å². The number of nitrogens with one attached hydrogen (secondary N) is 1. The van der Waals surface area contributed by atoms with Gasteiger partial charge in [0, 0.05) is 19.6 Å². The van der Waals surface area contributed by atoms with Gasteiger partial charge in [-0.15, -0.1) is 0 Å². The number of benzene rings is 1. The molecule has 0 aliphatic heterocycles. The molecule has 5 heteroatoms. The average Bonchev–Trinajstić information content (AvgIpc) is 2.41. The van der Waals surface area contributed by atoms with Crippen LogP contribution in [-0.2, 0) is 9.53 Å². The normalized spacial score (nSPS) is 11.8. The van der Waals surface area contributed by atoms with E-state index in [1.807, 2.05) is 37.3 Å². The molecule has 1 amide bonds. The van der Waals surface area contributed by atoms with Gasteiger partial charge in [0.05, 0.1) is 0 Å². The van der Waals surface area contributed by atoms with Gasteiger partial charge in [0.1, 0.15) is 11.0 Å². The Kier molecular flexibility index (Phi) is 7.07. The van der Waals surface area contributed by atoms with Crippen LogP contribution in [0, 0.1) is 0 Å². The summed E-state index contributed by atoms with van der Waals surface area (Å²) in [5.74, 6) is -0.0682.